The molecule has 0 amide bonds. The van der Waals surface area contributed by atoms with Crippen LogP contribution in [0.15, 0.2) is 23.1 Å². The number of nitrogens with one attached hydrogen (secondary N) is 2. The van der Waals surface area contributed by atoms with E-state index in [2.05, 4.69) is 31.2 Å². The van der Waals surface area contributed by atoms with Gasteiger partial charge in [-0.1, -0.05) is 11.3 Å². The van der Waals surface area contributed by atoms with Gasteiger partial charge in [-0.25, -0.2) is 9.37 Å². The van der Waals surface area contributed by atoms with E-state index >= 15 is 4.39 Å². The summed E-state index contributed by atoms with van der Waals surface area (Å²) < 4.78 is 15.0. The number of nitrogens with zero attached hydrogens (tertiary/aromatic N) is 4. The van der Waals surface area contributed by atoms with Crippen molar-refractivity contribution in [1.82, 2.24) is 14.9 Å². The zero-order valence-corrected chi connectivity index (χ0v) is 17.2. The summed E-state index contributed by atoms with van der Waals surface area (Å²) in [4.78, 5) is 24.7. The summed E-state index contributed by atoms with van der Waals surface area (Å²) in [5, 5.41) is 13.5. The number of hydrogen-bond acceptors (Lipinski definition) is 7. The van der Waals surface area contributed by atoms with Gasteiger partial charge in [-0.15, -0.1) is 0 Å². The number of H-pyrrole nitrogens is 1. The average Bonchev–Trinajstić information content (AvgIpc) is 3.23. The minimum atomic E-state index is -0.296. The largest absolute Gasteiger partial charge is 0.384 e. The Balaban J connectivity index is 1.34. The molecule has 2 aliphatic heterocycles. The summed E-state index contributed by atoms with van der Waals surface area (Å²) in [6.07, 6.45) is 3.17. The Labute approximate surface area is 176 Å². The fourth-order valence-electron chi connectivity index (χ4n) is 4.30. The van der Waals surface area contributed by atoms with Crippen LogP contribution >= 0.6 is 11.3 Å². The summed E-state index contributed by atoms with van der Waals surface area (Å²) in [5.74, 6) is -0.296. The molecule has 1 aromatic carbocycles. The molecule has 0 atom stereocenters. The van der Waals surface area contributed by atoms with Gasteiger partial charge >= 0.3 is 0 Å². The average molecular weight is 425 g/mol. The van der Waals surface area contributed by atoms with Crippen molar-refractivity contribution in [2.75, 3.05) is 42.9 Å². The fraction of sp³-hybridized carbons (Fsp3) is 0.381. The molecule has 1 saturated heterocycles. The zero-order chi connectivity index (χ0) is 20.7. The molecule has 0 bridgehead atoms. The van der Waals surface area contributed by atoms with Crippen molar-refractivity contribution in [3.05, 3.63) is 50.5 Å². The van der Waals surface area contributed by atoms with E-state index in [1.54, 1.807) is 12.3 Å². The minimum Gasteiger partial charge on any atom is -0.384 e. The number of piperazine rings is 1. The van der Waals surface area contributed by atoms with Crippen molar-refractivity contribution in [1.29, 1.82) is 5.26 Å². The molecule has 3 aromatic rings. The van der Waals surface area contributed by atoms with Gasteiger partial charge in [-0.05, 0) is 30.5 Å². The molecule has 4 heterocycles. The van der Waals surface area contributed by atoms with Gasteiger partial charge in [0.15, 0.2) is 5.13 Å². The number of halogens is 1. The van der Waals surface area contributed by atoms with Crippen LogP contribution in [-0.2, 0) is 13.0 Å². The predicted octanol–water partition coefficient (Wildman–Crippen LogP) is 2.68. The summed E-state index contributed by atoms with van der Waals surface area (Å²) in [6, 6.07) is 5.60. The third kappa shape index (κ3) is 3.42. The molecule has 5 rings (SSSR count). The minimum absolute atomic E-state index is 0.130. The first kappa shape index (κ1) is 19.0. The summed E-state index contributed by atoms with van der Waals surface area (Å²) in [7, 11) is 0. The first-order valence-electron chi connectivity index (χ1n) is 10.1. The molecule has 7 nitrogen and oxygen atoms in total. The number of benzene rings is 1. The van der Waals surface area contributed by atoms with Crippen LogP contribution < -0.4 is 15.8 Å². The van der Waals surface area contributed by atoms with Crippen molar-refractivity contribution in [3.63, 3.8) is 0 Å². The van der Waals surface area contributed by atoms with Gasteiger partial charge < -0.3 is 15.2 Å². The highest BCUT2D eigenvalue weighted by molar-refractivity contribution is 7.16. The molecule has 9 heteroatoms. The fourth-order valence-corrected chi connectivity index (χ4v) is 5.06. The smallest absolute Gasteiger partial charge is 0.253 e. The van der Waals surface area contributed by atoms with Gasteiger partial charge in [-0.2, -0.15) is 5.26 Å². The number of hydrogen-bond donors (Lipinski definition) is 2. The number of aromatic nitrogens is 2. The van der Waals surface area contributed by atoms with E-state index in [1.165, 1.54) is 11.3 Å². The van der Waals surface area contributed by atoms with Crippen LogP contribution in [0.25, 0.3) is 10.9 Å². The van der Waals surface area contributed by atoms with Crippen LogP contribution in [-0.4, -0.2) is 47.6 Å². The predicted molar refractivity (Wildman–Crippen MR) is 116 cm³/mol. The zero-order valence-electron chi connectivity index (χ0n) is 16.4. The standard InChI is InChI=1S/C21H21FN6OS/c22-16-8-13(9-17-18(16)19-15(20(29)26-17)2-1-3-24-19)12-27-4-6-28(7-5-27)21-25-11-14(10-23)30-21/h8-9,11,24H,1-7,12H2,(H,26,29). The second kappa shape index (κ2) is 7.70. The topological polar surface area (TPSA) is 88.1 Å². The van der Waals surface area contributed by atoms with Crippen molar-refractivity contribution in [2.45, 2.75) is 19.4 Å². The van der Waals surface area contributed by atoms with E-state index in [1.807, 2.05) is 6.07 Å². The Kier molecular flexibility index (Phi) is 4.89. The monoisotopic (exact) mass is 424 g/mol. The molecule has 0 saturated carbocycles. The highest BCUT2D eigenvalue weighted by Gasteiger charge is 2.22. The van der Waals surface area contributed by atoms with Gasteiger partial charge in [0.05, 0.1) is 22.8 Å². The lowest BCUT2D eigenvalue weighted by molar-refractivity contribution is 0.249. The van der Waals surface area contributed by atoms with E-state index in [9.17, 15) is 4.79 Å². The lowest BCUT2D eigenvalue weighted by Crippen LogP contribution is -2.45. The van der Waals surface area contributed by atoms with Crippen molar-refractivity contribution in [2.24, 2.45) is 0 Å². The van der Waals surface area contributed by atoms with Crippen LogP contribution in [0.2, 0.25) is 0 Å². The quantitative estimate of drug-likeness (QED) is 0.672. The molecule has 0 spiro atoms. The molecule has 2 aromatic heterocycles. The lowest BCUT2D eigenvalue weighted by atomic mass is 10.00. The molecule has 30 heavy (non-hydrogen) atoms. The van der Waals surface area contributed by atoms with E-state index in [0.717, 1.165) is 49.8 Å². The van der Waals surface area contributed by atoms with E-state index in [0.29, 0.717) is 40.0 Å². The first-order chi connectivity index (χ1) is 14.6. The number of anilines is 2. The third-order valence-electron chi connectivity index (χ3n) is 5.78. The Morgan fingerprint density at radius 2 is 2.10 bits per heavy atom. The van der Waals surface area contributed by atoms with E-state index < -0.39 is 0 Å². The molecule has 2 N–H and O–H groups in total. The molecular weight excluding hydrogens is 403 g/mol. The van der Waals surface area contributed by atoms with Crippen molar-refractivity contribution >= 4 is 33.1 Å². The summed E-state index contributed by atoms with van der Waals surface area (Å²) >= 11 is 1.41. The van der Waals surface area contributed by atoms with Crippen LogP contribution in [0.1, 0.15) is 22.4 Å². The molecule has 0 aliphatic carbocycles. The third-order valence-corrected chi connectivity index (χ3v) is 6.74. The summed E-state index contributed by atoms with van der Waals surface area (Å²) in [5.41, 5.74) is 2.57. The molecular formula is C21H21FN6OS. The lowest BCUT2D eigenvalue weighted by Gasteiger charge is -2.34. The van der Waals surface area contributed by atoms with E-state index in [-0.39, 0.29) is 11.4 Å². The molecule has 2 aliphatic rings. The highest BCUT2D eigenvalue weighted by atomic mass is 32.1. The molecule has 0 unspecified atom stereocenters. The van der Waals surface area contributed by atoms with Crippen LogP contribution in [0.5, 0.6) is 0 Å². The maximum Gasteiger partial charge on any atom is 0.253 e. The Hall–Kier alpha value is -2.96. The number of aromatic amines is 1. The Bertz CT molecular complexity index is 1200. The Morgan fingerprint density at radius 1 is 1.27 bits per heavy atom. The van der Waals surface area contributed by atoms with Crippen LogP contribution in [0.4, 0.5) is 15.2 Å². The number of thiazole rings is 1. The maximum atomic E-state index is 15.0. The molecule has 1 fully saturated rings. The molecule has 154 valence electrons. The first-order valence-corrected chi connectivity index (χ1v) is 10.9. The van der Waals surface area contributed by atoms with Gasteiger partial charge in [0, 0.05) is 44.8 Å². The number of fused-ring (bicyclic) bond motifs is 3. The van der Waals surface area contributed by atoms with Gasteiger partial charge in [0.2, 0.25) is 0 Å². The Morgan fingerprint density at radius 3 is 2.87 bits per heavy atom. The van der Waals surface area contributed by atoms with Crippen molar-refractivity contribution < 1.29 is 4.39 Å². The number of rotatable bonds is 3. The highest BCUT2D eigenvalue weighted by Crippen LogP contribution is 2.31. The SMILES string of the molecule is N#Cc1cnc(N2CCN(Cc3cc(F)c4c5c(c(=O)[nH]c4c3)CCCN5)CC2)s1. The van der Waals surface area contributed by atoms with Gasteiger partial charge in [0.1, 0.15) is 16.8 Å². The van der Waals surface area contributed by atoms with Gasteiger partial charge in [-0.3, -0.25) is 9.69 Å². The van der Waals surface area contributed by atoms with E-state index in [4.69, 9.17) is 5.26 Å². The van der Waals surface area contributed by atoms with Crippen LogP contribution in [0, 0.1) is 17.1 Å². The molecule has 0 radical (unpaired) electrons. The second-order valence-corrected chi connectivity index (χ2v) is 8.73. The normalized spacial score (nSPS) is 16.9. The number of nitriles is 1. The second-order valence-electron chi connectivity index (χ2n) is 7.72. The maximum absolute atomic E-state index is 15.0. The van der Waals surface area contributed by atoms with Gasteiger partial charge in [0.25, 0.3) is 5.56 Å². The van der Waals surface area contributed by atoms with Crippen LogP contribution in [0.3, 0.4) is 0 Å². The number of pyridine rings is 1. The summed E-state index contributed by atoms with van der Waals surface area (Å²) in [6.45, 7) is 4.64. The van der Waals surface area contributed by atoms with Crippen molar-refractivity contribution in [3.8, 4) is 6.07 Å².